The Morgan fingerprint density at radius 3 is 2.79 bits per heavy atom. The van der Waals surface area contributed by atoms with E-state index in [1.807, 2.05) is 6.92 Å². The maximum Gasteiger partial charge on any atom is 0.252 e. The van der Waals surface area contributed by atoms with E-state index >= 15 is 0 Å². The molecule has 3 nitrogen and oxygen atoms in total. The van der Waals surface area contributed by atoms with Gasteiger partial charge in [0, 0.05) is 24.6 Å². The van der Waals surface area contributed by atoms with Crippen LogP contribution in [0.1, 0.15) is 52.7 Å². The van der Waals surface area contributed by atoms with Gasteiger partial charge in [-0.3, -0.25) is 4.79 Å². The Labute approximate surface area is 119 Å². The number of carbonyl (C=O) groups is 1. The SMILES string of the molecule is Cc1cc(C(C)C)cc2c1C(=O)N[C@H]1CN(Cl)C[C@H]21. The number of rotatable bonds is 1. The van der Waals surface area contributed by atoms with E-state index in [1.54, 1.807) is 4.42 Å². The van der Waals surface area contributed by atoms with Crippen molar-refractivity contribution in [3.8, 4) is 0 Å². The summed E-state index contributed by atoms with van der Waals surface area (Å²) in [5.74, 6) is 0.847. The topological polar surface area (TPSA) is 32.3 Å². The summed E-state index contributed by atoms with van der Waals surface area (Å²) in [5.41, 5.74) is 4.42. The van der Waals surface area contributed by atoms with Crippen LogP contribution in [-0.2, 0) is 0 Å². The zero-order chi connectivity index (χ0) is 13.7. The van der Waals surface area contributed by atoms with Crippen molar-refractivity contribution >= 4 is 17.7 Å². The highest BCUT2D eigenvalue weighted by molar-refractivity contribution is 6.13. The number of hydrogen-bond donors (Lipinski definition) is 1. The fourth-order valence-corrected chi connectivity index (χ4v) is 3.53. The molecule has 0 saturated carbocycles. The Kier molecular flexibility index (Phi) is 3.06. The molecule has 102 valence electrons. The van der Waals surface area contributed by atoms with E-state index in [1.165, 1.54) is 11.1 Å². The molecule has 0 unspecified atom stereocenters. The zero-order valence-electron chi connectivity index (χ0n) is 11.5. The van der Waals surface area contributed by atoms with Gasteiger partial charge in [-0.05, 0) is 41.3 Å². The number of halogens is 1. The molecule has 0 spiro atoms. The summed E-state index contributed by atoms with van der Waals surface area (Å²) >= 11 is 6.13. The van der Waals surface area contributed by atoms with Gasteiger partial charge in [0.1, 0.15) is 0 Å². The Morgan fingerprint density at radius 1 is 1.37 bits per heavy atom. The van der Waals surface area contributed by atoms with Gasteiger partial charge in [-0.2, -0.15) is 0 Å². The van der Waals surface area contributed by atoms with Crippen molar-refractivity contribution in [2.75, 3.05) is 13.1 Å². The lowest BCUT2D eigenvalue weighted by molar-refractivity contribution is 0.0923. The van der Waals surface area contributed by atoms with E-state index in [0.29, 0.717) is 11.8 Å². The Morgan fingerprint density at radius 2 is 2.11 bits per heavy atom. The molecule has 0 radical (unpaired) electrons. The van der Waals surface area contributed by atoms with Crippen LogP contribution in [0, 0.1) is 6.92 Å². The maximum absolute atomic E-state index is 12.3. The maximum atomic E-state index is 12.3. The van der Waals surface area contributed by atoms with Crippen LogP contribution in [0.25, 0.3) is 0 Å². The fourth-order valence-electron chi connectivity index (χ4n) is 3.24. The Balaban J connectivity index is 2.14. The van der Waals surface area contributed by atoms with Gasteiger partial charge in [-0.25, -0.2) is 4.42 Å². The third-order valence-electron chi connectivity index (χ3n) is 4.27. The lowest BCUT2D eigenvalue weighted by Gasteiger charge is -2.30. The molecule has 0 bridgehead atoms. The van der Waals surface area contributed by atoms with Crippen LogP contribution < -0.4 is 5.32 Å². The fraction of sp³-hybridized carbons (Fsp3) is 0.533. The summed E-state index contributed by atoms with van der Waals surface area (Å²) in [6.45, 7) is 7.93. The van der Waals surface area contributed by atoms with Gasteiger partial charge in [0.25, 0.3) is 5.91 Å². The van der Waals surface area contributed by atoms with Crippen LogP contribution in [-0.4, -0.2) is 29.5 Å². The van der Waals surface area contributed by atoms with Gasteiger partial charge >= 0.3 is 0 Å². The molecule has 2 aliphatic heterocycles. The van der Waals surface area contributed by atoms with Crippen LogP contribution >= 0.6 is 11.8 Å². The molecule has 1 N–H and O–H groups in total. The van der Waals surface area contributed by atoms with Gasteiger partial charge in [0.2, 0.25) is 0 Å². The molecule has 2 heterocycles. The molecular weight excluding hydrogens is 260 g/mol. The monoisotopic (exact) mass is 278 g/mol. The third-order valence-corrected chi connectivity index (χ3v) is 4.55. The first kappa shape index (κ1) is 12.9. The molecule has 2 atom stereocenters. The highest BCUT2D eigenvalue weighted by atomic mass is 35.5. The van der Waals surface area contributed by atoms with Gasteiger partial charge in [-0.1, -0.05) is 26.0 Å². The van der Waals surface area contributed by atoms with E-state index in [2.05, 4.69) is 31.3 Å². The van der Waals surface area contributed by atoms with Gasteiger partial charge < -0.3 is 5.32 Å². The van der Waals surface area contributed by atoms with Gasteiger partial charge in [0.05, 0.1) is 6.04 Å². The standard InChI is InChI=1S/C15H19ClN2O/c1-8(2)10-4-9(3)14-11(5-10)12-6-18(16)7-13(12)17-15(14)19/h4-5,8,12-13H,6-7H2,1-3H3,(H,17,19)/t12-,13+/m1/s1. The quantitative estimate of drug-likeness (QED) is 0.801. The molecule has 19 heavy (non-hydrogen) atoms. The summed E-state index contributed by atoms with van der Waals surface area (Å²) in [6.07, 6.45) is 0. The second-order valence-corrected chi connectivity index (χ2v) is 6.45. The first-order valence-corrected chi connectivity index (χ1v) is 7.17. The number of nitrogens with one attached hydrogen (secondary N) is 1. The number of aryl methyl sites for hydroxylation is 1. The lowest BCUT2D eigenvalue weighted by atomic mass is 9.82. The molecule has 1 fully saturated rings. The van der Waals surface area contributed by atoms with Crippen molar-refractivity contribution in [1.29, 1.82) is 0 Å². The predicted molar refractivity (Wildman–Crippen MR) is 76.7 cm³/mol. The molecule has 1 saturated heterocycles. The van der Waals surface area contributed by atoms with Crippen molar-refractivity contribution < 1.29 is 4.79 Å². The van der Waals surface area contributed by atoms with Crippen molar-refractivity contribution in [2.45, 2.75) is 38.6 Å². The van der Waals surface area contributed by atoms with Crippen LogP contribution in [0.5, 0.6) is 0 Å². The summed E-state index contributed by atoms with van der Waals surface area (Å²) in [7, 11) is 0. The normalized spacial score (nSPS) is 26.3. The number of amides is 1. The average molecular weight is 279 g/mol. The molecule has 2 aliphatic rings. The summed E-state index contributed by atoms with van der Waals surface area (Å²) in [4.78, 5) is 12.3. The summed E-state index contributed by atoms with van der Waals surface area (Å²) in [6, 6.07) is 4.50. The second kappa shape index (κ2) is 4.50. The molecule has 1 aromatic rings. The van der Waals surface area contributed by atoms with Crippen LogP contribution in [0.4, 0.5) is 0 Å². The number of hydrogen-bond acceptors (Lipinski definition) is 2. The highest BCUT2D eigenvalue weighted by Crippen LogP contribution is 2.37. The van der Waals surface area contributed by atoms with Crippen LogP contribution in [0.3, 0.4) is 0 Å². The average Bonchev–Trinajstić information content (AvgIpc) is 2.68. The minimum Gasteiger partial charge on any atom is -0.347 e. The minimum absolute atomic E-state index is 0.0519. The molecule has 0 aliphatic carbocycles. The molecule has 4 heteroatoms. The van der Waals surface area contributed by atoms with Gasteiger partial charge in [-0.15, -0.1) is 0 Å². The van der Waals surface area contributed by atoms with E-state index in [4.69, 9.17) is 11.8 Å². The predicted octanol–water partition coefficient (Wildman–Crippen LogP) is 2.78. The number of carbonyl (C=O) groups excluding carboxylic acids is 1. The molecule has 0 aromatic heterocycles. The Bertz CT molecular complexity index is 541. The van der Waals surface area contributed by atoms with Crippen LogP contribution in [0.2, 0.25) is 0 Å². The molecule has 1 aromatic carbocycles. The largest absolute Gasteiger partial charge is 0.347 e. The van der Waals surface area contributed by atoms with Crippen molar-refractivity contribution in [3.05, 3.63) is 34.4 Å². The first-order chi connectivity index (χ1) is 8.97. The zero-order valence-corrected chi connectivity index (χ0v) is 12.3. The van der Waals surface area contributed by atoms with E-state index < -0.39 is 0 Å². The number of nitrogens with zero attached hydrogens (tertiary/aromatic N) is 1. The van der Waals surface area contributed by atoms with E-state index in [-0.39, 0.29) is 11.9 Å². The number of benzene rings is 1. The summed E-state index contributed by atoms with van der Waals surface area (Å²) < 4.78 is 1.78. The second-order valence-electron chi connectivity index (χ2n) is 5.97. The summed E-state index contributed by atoms with van der Waals surface area (Å²) in [5, 5.41) is 3.09. The molecule has 3 rings (SSSR count). The number of fused-ring (bicyclic) bond motifs is 3. The molecule has 1 amide bonds. The van der Waals surface area contributed by atoms with Crippen molar-refractivity contribution in [3.63, 3.8) is 0 Å². The molecular formula is C15H19ClN2O. The minimum atomic E-state index is 0.0519. The smallest absolute Gasteiger partial charge is 0.252 e. The highest BCUT2D eigenvalue weighted by Gasteiger charge is 2.40. The third kappa shape index (κ3) is 2.05. The van der Waals surface area contributed by atoms with Gasteiger partial charge in [0.15, 0.2) is 0 Å². The van der Waals surface area contributed by atoms with E-state index in [0.717, 1.165) is 24.2 Å². The van der Waals surface area contributed by atoms with Crippen LogP contribution in [0.15, 0.2) is 12.1 Å². The van der Waals surface area contributed by atoms with Crippen molar-refractivity contribution in [2.24, 2.45) is 0 Å². The lowest BCUT2D eigenvalue weighted by Crippen LogP contribution is -2.44. The Hall–Kier alpha value is -1.06. The van der Waals surface area contributed by atoms with E-state index in [9.17, 15) is 4.79 Å². The first-order valence-electron chi connectivity index (χ1n) is 6.83. The van der Waals surface area contributed by atoms with Crippen molar-refractivity contribution in [1.82, 2.24) is 9.74 Å².